The molecule has 0 saturated heterocycles. The third-order valence-corrected chi connectivity index (χ3v) is 3.44. The van der Waals surface area contributed by atoms with Crippen LogP contribution >= 0.6 is 11.8 Å². The van der Waals surface area contributed by atoms with E-state index in [1.54, 1.807) is 30.1 Å². The number of hydrogen-bond donors (Lipinski definition) is 2. The first-order chi connectivity index (χ1) is 9.20. The number of rotatable bonds is 4. The third kappa shape index (κ3) is 3.48. The zero-order valence-corrected chi connectivity index (χ0v) is 11.4. The first-order valence-corrected chi connectivity index (χ1v) is 7.05. The van der Waals surface area contributed by atoms with E-state index in [1.807, 2.05) is 30.5 Å². The predicted molar refractivity (Wildman–Crippen MR) is 78.0 cm³/mol. The fraction of sp³-hybridized carbons (Fsp3) is 0.143. The number of anilines is 1. The zero-order chi connectivity index (χ0) is 13.7. The quantitative estimate of drug-likeness (QED) is 0.839. The van der Waals surface area contributed by atoms with Crippen LogP contribution in [0.1, 0.15) is 15.9 Å². The van der Waals surface area contributed by atoms with E-state index in [0.29, 0.717) is 12.1 Å². The van der Waals surface area contributed by atoms with Crippen LogP contribution in [0, 0.1) is 0 Å². The van der Waals surface area contributed by atoms with Crippen molar-refractivity contribution in [1.82, 2.24) is 10.3 Å². The van der Waals surface area contributed by atoms with E-state index in [2.05, 4.69) is 10.3 Å². The predicted octanol–water partition coefficient (Wildman–Crippen LogP) is 2.32. The third-order valence-electron chi connectivity index (χ3n) is 2.70. The van der Waals surface area contributed by atoms with E-state index in [0.717, 1.165) is 5.56 Å². The van der Waals surface area contributed by atoms with Crippen LogP contribution in [0.4, 0.5) is 5.82 Å². The molecule has 0 saturated carbocycles. The Balaban J connectivity index is 1.98. The second-order valence-corrected chi connectivity index (χ2v) is 4.85. The number of pyridine rings is 1. The summed E-state index contributed by atoms with van der Waals surface area (Å²) in [7, 11) is 0. The van der Waals surface area contributed by atoms with E-state index >= 15 is 0 Å². The summed E-state index contributed by atoms with van der Waals surface area (Å²) >= 11 is 1.69. The summed E-state index contributed by atoms with van der Waals surface area (Å²) in [6, 6.07) is 11.4. The standard InChI is InChI=1S/C14H15N3OS/c1-19-11-6-4-10(5-7-11)9-17-14(18)12-3-2-8-16-13(12)15/h2-8H,9H2,1H3,(H2,15,16)(H,17,18). The van der Waals surface area contributed by atoms with Gasteiger partial charge in [0.2, 0.25) is 0 Å². The van der Waals surface area contributed by atoms with Gasteiger partial charge in [0, 0.05) is 17.6 Å². The molecule has 19 heavy (non-hydrogen) atoms. The molecule has 0 aliphatic rings. The Kier molecular flexibility index (Phi) is 4.41. The Bertz CT molecular complexity index is 569. The summed E-state index contributed by atoms with van der Waals surface area (Å²) in [5.74, 6) is 0.0391. The molecule has 0 spiro atoms. The van der Waals surface area contributed by atoms with Crippen LogP contribution in [-0.2, 0) is 6.54 Å². The van der Waals surface area contributed by atoms with E-state index in [9.17, 15) is 4.79 Å². The van der Waals surface area contributed by atoms with Crippen LogP contribution in [-0.4, -0.2) is 17.1 Å². The largest absolute Gasteiger partial charge is 0.383 e. The number of carbonyl (C=O) groups is 1. The molecule has 1 heterocycles. The van der Waals surface area contributed by atoms with Crippen molar-refractivity contribution in [3.8, 4) is 0 Å². The number of nitrogens with zero attached hydrogens (tertiary/aromatic N) is 1. The molecule has 3 N–H and O–H groups in total. The van der Waals surface area contributed by atoms with Gasteiger partial charge in [0.15, 0.2) is 0 Å². The number of nitrogens with one attached hydrogen (secondary N) is 1. The fourth-order valence-corrected chi connectivity index (χ4v) is 2.04. The van der Waals surface area contributed by atoms with Gasteiger partial charge < -0.3 is 11.1 Å². The van der Waals surface area contributed by atoms with Crippen molar-refractivity contribution in [2.45, 2.75) is 11.4 Å². The van der Waals surface area contributed by atoms with Gasteiger partial charge in [-0.1, -0.05) is 12.1 Å². The van der Waals surface area contributed by atoms with Gasteiger partial charge in [-0.2, -0.15) is 0 Å². The number of aromatic nitrogens is 1. The van der Waals surface area contributed by atoms with Crippen molar-refractivity contribution < 1.29 is 4.79 Å². The van der Waals surface area contributed by atoms with Crippen LogP contribution in [0.25, 0.3) is 0 Å². The number of carbonyl (C=O) groups excluding carboxylic acids is 1. The van der Waals surface area contributed by atoms with Gasteiger partial charge in [0.05, 0.1) is 5.56 Å². The van der Waals surface area contributed by atoms with Gasteiger partial charge in [-0.25, -0.2) is 4.98 Å². The molecule has 0 bridgehead atoms. The Hall–Kier alpha value is -2.01. The van der Waals surface area contributed by atoms with E-state index < -0.39 is 0 Å². The van der Waals surface area contributed by atoms with Crippen molar-refractivity contribution in [3.05, 3.63) is 53.7 Å². The first-order valence-electron chi connectivity index (χ1n) is 5.82. The fourth-order valence-electron chi connectivity index (χ4n) is 1.63. The Morgan fingerprint density at radius 1 is 1.32 bits per heavy atom. The van der Waals surface area contributed by atoms with Gasteiger partial charge in [0.25, 0.3) is 5.91 Å². The molecular weight excluding hydrogens is 258 g/mol. The SMILES string of the molecule is CSc1ccc(CNC(=O)c2cccnc2N)cc1. The van der Waals surface area contributed by atoms with Gasteiger partial charge in [-0.3, -0.25) is 4.79 Å². The van der Waals surface area contributed by atoms with Gasteiger partial charge in [-0.15, -0.1) is 11.8 Å². The minimum atomic E-state index is -0.209. The van der Waals surface area contributed by atoms with Gasteiger partial charge >= 0.3 is 0 Å². The van der Waals surface area contributed by atoms with Crippen LogP contribution < -0.4 is 11.1 Å². The van der Waals surface area contributed by atoms with E-state index in [4.69, 9.17) is 5.73 Å². The molecule has 2 aromatic rings. The minimum absolute atomic E-state index is 0.209. The second kappa shape index (κ2) is 6.24. The molecule has 1 aromatic carbocycles. The van der Waals surface area contributed by atoms with Crippen LogP contribution in [0.3, 0.4) is 0 Å². The number of thioether (sulfide) groups is 1. The summed E-state index contributed by atoms with van der Waals surface area (Å²) in [6.07, 6.45) is 3.59. The van der Waals surface area contributed by atoms with E-state index in [1.165, 1.54) is 4.90 Å². The Morgan fingerprint density at radius 3 is 2.68 bits per heavy atom. The molecule has 0 fully saturated rings. The van der Waals surface area contributed by atoms with Crippen molar-refractivity contribution in [1.29, 1.82) is 0 Å². The number of nitrogen functional groups attached to an aromatic ring is 1. The Labute approximate surface area is 116 Å². The highest BCUT2D eigenvalue weighted by atomic mass is 32.2. The number of nitrogens with two attached hydrogens (primary N) is 1. The summed E-state index contributed by atoms with van der Waals surface area (Å²) in [5.41, 5.74) is 7.11. The smallest absolute Gasteiger partial charge is 0.255 e. The number of hydrogen-bond acceptors (Lipinski definition) is 4. The minimum Gasteiger partial charge on any atom is -0.383 e. The van der Waals surface area contributed by atoms with Crippen molar-refractivity contribution in [3.63, 3.8) is 0 Å². The molecule has 1 amide bonds. The Morgan fingerprint density at radius 2 is 2.05 bits per heavy atom. The maximum absolute atomic E-state index is 11.9. The highest BCUT2D eigenvalue weighted by Gasteiger charge is 2.09. The second-order valence-electron chi connectivity index (χ2n) is 3.97. The van der Waals surface area contributed by atoms with Crippen LogP contribution in [0.5, 0.6) is 0 Å². The van der Waals surface area contributed by atoms with Gasteiger partial charge in [0.1, 0.15) is 5.82 Å². The highest BCUT2D eigenvalue weighted by molar-refractivity contribution is 7.98. The van der Waals surface area contributed by atoms with E-state index in [-0.39, 0.29) is 11.7 Å². The lowest BCUT2D eigenvalue weighted by atomic mass is 10.2. The highest BCUT2D eigenvalue weighted by Crippen LogP contribution is 2.15. The summed E-state index contributed by atoms with van der Waals surface area (Å²) in [6.45, 7) is 0.474. The normalized spacial score (nSPS) is 10.2. The molecular formula is C14H15N3OS. The summed E-state index contributed by atoms with van der Waals surface area (Å²) < 4.78 is 0. The molecule has 0 aliphatic heterocycles. The lowest BCUT2D eigenvalue weighted by Gasteiger charge is -2.07. The lowest BCUT2D eigenvalue weighted by molar-refractivity contribution is 0.0951. The van der Waals surface area contributed by atoms with Crippen molar-refractivity contribution in [2.24, 2.45) is 0 Å². The van der Waals surface area contributed by atoms with Gasteiger partial charge in [-0.05, 0) is 36.1 Å². The zero-order valence-electron chi connectivity index (χ0n) is 10.6. The topological polar surface area (TPSA) is 68.0 Å². The molecule has 0 atom stereocenters. The molecule has 0 radical (unpaired) electrons. The molecule has 5 heteroatoms. The maximum Gasteiger partial charge on any atom is 0.255 e. The molecule has 4 nitrogen and oxygen atoms in total. The average Bonchev–Trinajstić information content (AvgIpc) is 2.46. The lowest BCUT2D eigenvalue weighted by Crippen LogP contribution is -2.24. The van der Waals surface area contributed by atoms with Crippen LogP contribution in [0.15, 0.2) is 47.5 Å². The maximum atomic E-state index is 11.9. The summed E-state index contributed by atoms with van der Waals surface area (Å²) in [4.78, 5) is 17.0. The van der Waals surface area contributed by atoms with Crippen LogP contribution in [0.2, 0.25) is 0 Å². The molecule has 0 aliphatic carbocycles. The van der Waals surface area contributed by atoms with Crippen molar-refractivity contribution >= 4 is 23.5 Å². The van der Waals surface area contributed by atoms with Crippen molar-refractivity contribution in [2.75, 3.05) is 12.0 Å². The summed E-state index contributed by atoms with van der Waals surface area (Å²) in [5, 5.41) is 2.83. The number of benzene rings is 1. The molecule has 98 valence electrons. The average molecular weight is 273 g/mol. The number of amides is 1. The first kappa shape index (κ1) is 13.4. The molecule has 2 rings (SSSR count). The molecule has 0 unspecified atom stereocenters. The monoisotopic (exact) mass is 273 g/mol. The molecule has 1 aromatic heterocycles.